The zero-order valence-corrected chi connectivity index (χ0v) is 12.3. The molecule has 1 unspecified atom stereocenters. The molecule has 7 heteroatoms. The maximum absolute atomic E-state index is 13.2. The number of benzene rings is 1. The number of thioether (sulfide) groups is 2. The zero-order chi connectivity index (χ0) is 14.6. The van der Waals surface area contributed by atoms with Crippen molar-refractivity contribution in [3.05, 3.63) is 35.1 Å². The summed E-state index contributed by atoms with van der Waals surface area (Å²) >= 11 is 3.76. The van der Waals surface area contributed by atoms with Crippen LogP contribution in [-0.2, 0) is 12.7 Å². The van der Waals surface area contributed by atoms with Crippen LogP contribution in [0.15, 0.2) is 18.2 Å². The number of hydrogen-bond acceptors (Lipinski definition) is 3. The fraction of sp³-hybridized carbons (Fsp3) is 0.538. The molecule has 0 aliphatic carbocycles. The highest BCUT2D eigenvalue weighted by atomic mass is 32.2. The van der Waals surface area contributed by atoms with Crippen LogP contribution in [-0.4, -0.2) is 29.1 Å². The SMILES string of the molecule is Fc1cc(CNCC2CSCCS2)cc(C(F)(F)F)c1. The predicted molar refractivity (Wildman–Crippen MR) is 76.7 cm³/mol. The van der Waals surface area contributed by atoms with Gasteiger partial charge in [0.15, 0.2) is 0 Å². The molecule has 0 amide bonds. The van der Waals surface area contributed by atoms with E-state index in [0.29, 0.717) is 16.9 Å². The summed E-state index contributed by atoms with van der Waals surface area (Å²) in [6, 6.07) is 2.67. The number of alkyl halides is 3. The van der Waals surface area contributed by atoms with E-state index in [1.54, 1.807) is 0 Å². The monoisotopic (exact) mass is 325 g/mol. The van der Waals surface area contributed by atoms with Gasteiger partial charge in [0.2, 0.25) is 0 Å². The molecule has 2 rings (SSSR count). The minimum Gasteiger partial charge on any atom is -0.312 e. The lowest BCUT2D eigenvalue weighted by atomic mass is 10.1. The Morgan fingerprint density at radius 2 is 2.00 bits per heavy atom. The molecule has 0 spiro atoms. The Kier molecular flexibility index (Phi) is 5.63. The van der Waals surface area contributed by atoms with Crippen LogP contribution in [0, 0.1) is 5.82 Å². The molecule has 1 saturated heterocycles. The van der Waals surface area contributed by atoms with E-state index in [1.807, 2.05) is 23.5 Å². The quantitative estimate of drug-likeness (QED) is 0.846. The smallest absolute Gasteiger partial charge is 0.312 e. The second-order valence-corrected chi connectivity index (χ2v) is 7.10. The molecule has 112 valence electrons. The molecule has 1 aromatic carbocycles. The second kappa shape index (κ2) is 7.04. The molecule has 1 aliphatic rings. The van der Waals surface area contributed by atoms with Crippen molar-refractivity contribution < 1.29 is 17.6 Å². The molecule has 20 heavy (non-hydrogen) atoms. The average molecular weight is 325 g/mol. The molecule has 1 N–H and O–H groups in total. The number of halogens is 4. The van der Waals surface area contributed by atoms with Crippen LogP contribution in [0.4, 0.5) is 17.6 Å². The highest BCUT2D eigenvalue weighted by Crippen LogP contribution is 2.30. The van der Waals surface area contributed by atoms with Gasteiger partial charge >= 0.3 is 6.18 Å². The van der Waals surface area contributed by atoms with E-state index < -0.39 is 17.6 Å². The standard InChI is InChI=1S/C13H15F4NS2/c14-11-4-9(3-10(5-11)13(15,16)17)6-18-7-12-8-19-1-2-20-12/h3-5,12,18H,1-2,6-8H2. The van der Waals surface area contributed by atoms with Crippen molar-refractivity contribution >= 4 is 23.5 Å². The molecule has 1 fully saturated rings. The van der Waals surface area contributed by atoms with E-state index >= 15 is 0 Å². The highest BCUT2D eigenvalue weighted by molar-refractivity contribution is 8.06. The van der Waals surface area contributed by atoms with Crippen LogP contribution < -0.4 is 5.32 Å². The van der Waals surface area contributed by atoms with Gasteiger partial charge in [0, 0.05) is 35.6 Å². The fourth-order valence-corrected chi connectivity index (χ4v) is 4.59. The Bertz CT molecular complexity index is 444. The molecule has 1 aromatic rings. The first kappa shape index (κ1) is 16.0. The first-order valence-corrected chi connectivity index (χ1v) is 8.42. The number of rotatable bonds is 4. The van der Waals surface area contributed by atoms with E-state index in [-0.39, 0.29) is 6.54 Å². The minimum atomic E-state index is -4.51. The Balaban J connectivity index is 1.90. The van der Waals surface area contributed by atoms with Crippen molar-refractivity contribution in [3.8, 4) is 0 Å². The second-order valence-electron chi connectivity index (χ2n) is 4.54. The third-order valence-electron chi connectivity index (χ3n) is 2.87. The van der Waals surface area contributed by atoms with Crippen LogP contribution in [0.1, 0.15) is 11.1 Å². The topological polar surface area (TPSA) is 12.0 Å². The molecule has 0 aromatic heterocycles. The van der Waals surface area contributed by atoms with Gasteiger partial charge < -0.3 is 5.32 Å². The van der Waals surface area contributed by atoms with Gasteiger partial charge in [0.1, 0.15) is 5.82 Å². The van der Waals surface area contributed by atoms with Crippen LogP contribution in [0.3, 0.4) is 0 Å². The lowest BCUT2D eigenvalue weighted by molar-refractivity contribution is -0.137. The van der Waals surface area contributed by atoms with Gasteiger partial charge in [-0.15, -0.1) is 0 Å². The van der Waals surface area contributed by atoms with Crippen LogP contribution in [0.25, 0.3) is 0 Å². The summed E-state index contributed by atoms with van der Waals surface area (Å²) in [5.41, 5.74) is -0.609. The maximum atomic E-state index is 13.2. The minimum absolute atomic E-state index is 0.253. The van der Waals surface area contributed by atoms with E-state index in [9.17, 15) is 17.6 Å². The first-order chi connectivity index (χ1) is 9.45. The van der Waals surface area contributed by atoms with E-state index in [0.717, 1.165) is 35.9 Å². The summed E-state index contributed by atoms with van der Waals surface area (Å²) in [5, 5.41) is 3.59. The van der Waals surface area contributed by atoms with Gasteiger partial charge in [0.05, 0.1) is 5.56 Å². The molecule has 1 atom stereocenters. The molecular formula is C13H15F4NS2. The van der Waals surface area contributed by atoms with E-state index in [1.165, 1.54) is 0 Å². The maximum Gasteiger partial charge on any atom is 0.416 e. The van der Waals surface area contributed by atoms with E-state index in [4.69, 9.17) is 0 Å². The van der Waals surface area contributed by atoms with Gasteiger partial charge in [-0.1, -0.05) is 0 Å². The highest BCUT2D eigenvalue weighted by Gasteiger charge is 2.31. The van der Waals surface area contributed by atoms with Crippen molar-refractivity contribution in [3.63, 3.8) is 0 Å². The number of nitrogens with one attached hydrogen (secondary N) is 1. The van der Waals surface area contributed by atoms with Gasteiger partial charge in [-0.3, -0.25) is 0 Å². The van der Waals surface area contributed by atoms with Crippen molar-refractivity contribution in [1.29, 1.82) is 0 Å². The zero-order valence-electron chi connectivity index (χ0n) is 10.7. The number of hydrogen-bond donors (Lipinski definition) is 1. The molecule has 1 aliphatic heterocycles. The lowest BCUT2D eigenvalue weighted by Gasteiger charge is -2.21. The normalized spacial score (nSPS) is 20.1. The van der Waals surface area contributed by atoms with Gasteiger partial charge in [-0.25, -0.2) is 4.39 Å². The van der Waals surface area contributed by atoms with Crippen LogP contribution >= 0.6 is 23.5 Å². The van der Waals surface area contributed by atoms with Gasteiger partial charge in [-0.05, 0) is 23.8 Å². The molecule has 1 nitrogen and oxygen atoms in total. The molecule has 0 saturated carbocycles. The molecule has 1 heterocycles. The first-order valence-electron chi connectivity index (χ1n) is 6.22. The summed E-state index contributed by atoms with van der Waals surface area (Å²) in [7, 11) is 0. The predicted octanol–water partition coefficient (Wildman–Crippen LogP) is 3.78. The molecule has 0 radical (unpaired) electrons. The largest absolute Gasteiger partial charge is 0.416 e. The van der Waals surface area contributed by atoms with E-state index in [2.05, 4.69) is 5.32 Å². The lowest BCUT2D eigenvalue weighted by Crippen LogP contribution is -2.28. The Morgan fingerprint density at radius 1 is 1.20 bits per heavy atom. The van der Waals surface area contributed by atoms with Crippen molar-refractivity contribution in [1.82, 2.24) is 5.32 Å². The Hall–Kier alpha value is -0.400. The summed E-state index contributed by atoms with van der Waals surface area (Å²) in [6.07, 6.45) is -4.51. The third kappa shape index (κ3) is 4.86. The van der Waals surface area contributed by atoms with Crippen molar-refractivity contribution in [2.45, 2.75) is 18.0 Å². The van der Waals surface area contributed by atoms with Crippen molar-refractivity contribution in [2.75, 3.05) is 23.8 Å². The van der Waals surface area contributed by atoms with Crippen LogP contribution in [0.2, 0.25) is 0 Å². The summed E-state index contributed by atoms with van der Waals surface area (Å²) in [6.45, 7) is 0.984. The Labute approximate surface area is 123 Å². The van der Waals surface area contributed by atoms with Gasteiger partial charge in [0.25, 0.3) is 0 Å². The molecule has 0 bridgehead atoms. The third-order valence-corrected chi connectivity index (χ3v) is 5.72. The van der Waals surface area contributed by atoms with Crippen LogP contribution in [0.5, 0.6) is 0 Å². The summed E-state index contributed by atoms with van der Waals surface area (Å²) in [5.74, 6) is 2.46. The fourth-order valence-electron chi connectivity index (χ4n) is 1.95. The summed E-state index contributed by atoms with van der Waals surface area (Å²) in [4.78, 5) is 0. The summed E-state index contributed by atoms with van der Waals surface area (Å²) < 4.78 is 50.9. The Morgan fingerprint density at radius 3 is 2.65 bits per heavy atom. The molecular weight excluding hydrogens is 310 g/mol. The van der Waals surface area contributed by atoms with Gasteiger partial charge in [-0.2, -0.15) is 36.7 Å². The average Bonchev–Trinajstić information content (AvgIpc) is 2.38. The van der Waals surface area contributed by atoms with Crippen molar-refractivity contribution in [2.24, 2.45) is 0 Å².